The summed E-state index contributed by atoms with van der Waals surface area (Å²) in [6.45, 7) is 22.4. The van der Waals surface area contributed by atoms with Gasteiger partial charge in [0.05, 0.1) is 0 Å². The van der Waals surface area contributed by atoms with Gasteiger partial charge in [0.2, 0.25) is 0 Å². The molecular formula is C12H28P6. The van der Waals surface area contributed by atoms with Gasteiger partial charge in [-0.05, 0) is 29.7 Å². The molecule has 0 aliphatic carbocycles. The van der Waals surface area contributed by atoms with E-state index in [9.17, 15) is 0 Å². The fourth-order valence-electron chi connectivity index (χ4n) is 2.51. The third kappa shape index (κ3) is 2.62. The molecule has 0 bridgehead atoms. The van der Waals surface area contributed by atoms with Crippen LogP contribution in [0.25, 0.3) is 0 Å². The molecule has 2 aromatic rings. The van der Waals surface area contributed by atoms with Gasteiger partial charge in [-0.3, -0.25) is 0 Å². The maximum absolute atomic E-state index is 2.56. The fourth-order valence-corrected chi connectivity index (χ4v) is 133. The molecule has 0 aliphatic rings. The summed E-state index contributed by atoms with van der Waals surface area (Å²) in [6, 6.07) is 0. The molecule has 0 nitrogen and oxygen atoms in total. The normalized spacial score (nSPS) is 19.3. The third-order valence-electron chi connectivity index (χ3n) is 3.13. The fraction of sp³-hybridized carbons (Fsp3) is 1.00. The molecular weight excluding hydrogens is 330 g/mol. The first-order valence-corrected chi connectivity index (χ1v) is 20.3. The van der Waals surface area contributed by atoms with E-state index < -0.39 is 0 Å². The summed E-state index contributed by atoms with van der Waals surface area (Å²) in [6.07, 6.45) is 1.21. The Hall–Kier alpha value is 1.80. The molecule has 0 saturated heterocycles. The lowest BCUT2D eigenvalue weighted by Crippen LogP contribution is -1.73. The van der Waals surface area contributed by atoms with Gasteiger partial charge < -0.3 is 0 Å². The highest BCUT2D eigenvalue weighted by molar-refractivity contribution is 8.99. The monoisotopic (exact) mass is 358 g/mol. The van der Waals surface area contributed by atoms with Crippen molar-refractivity contribution in [2.45, 2.75) is 78.0 Å². The van der Waals surface area contributed by atoms with E-state index >= 15 is 0 Å². The van der Waals surface area contributed by atoms with Crippen molar-refractivity contribution in [2.75, 3.05) is 0 Å². The quantitative estimate of drug-likeness (QED) is 0.510. The summed E-state index contributed by atoms with van der Waals surface area (Å²) in [5.41, 5.74) is 4.18. The standard InChI is InChI=1S/C12H28P6/c1-9(2)13-14(10(3)4)17-16(12(7)8)18(17)15(13)11(5)6/h9-12H,1-8H3. The van der Waals surface area contributed by atoms with Gasteiger partial charge in [-0.15, -0.1) is 0 Å². The minimum Gasteiger partial charge on any atom is -0.0718 e. The van der Waals surface area contributed by atoms with Gasteiger partial charge in [0.25, 0.3) is 0 Å². The van der Waals surface area contributed by atoms with Crippen LogP contribution >= 0.6 is 40.3 Å². The van der Waals surface area contributed by atoms with E-state index in [0.717, 1.165) is 22.6 Å². The van der Waals surface area contributed by atoms with E-state index in [1.807, 2.05) is 0 Å². The smallest absolute Gasteiger partial charge is 0.000434 e. The second-order valence-electron chi connectivity index (χ2n) is 6.19. The Morgan fingerprint density at radius 1 is 0.389 bits per heavy atom. The van der Waals surface area contributed by atoms with E-state index in [1.54, 1.807) is 0 Å². The summed E-state index contributed by atoms with van der Waals surface area (Å²) in [5, 5.41) is 0. The van der Waals surface area contributed by atoms with Gasteiger partial charge in [-0.25, -0.2) is 0 Å². The minimum absolute atomic E-state index is 0.453. The average molecular weight is 358 g/mol. The van der Waals surface area contributed by atoms with Crippen molar-refractivity contribution in [3.05, 3.63) is 0 Å². The zero-order valence-corrected chi connectivity index (χ0v) is 18.4. The first kappa shape index (κ1) is 16.2. The van der Waals surface area contributed by atoms with Gasteiger partial charge in [0.1, 0.15) is 0 Å². The summed E-state index contributed by atoms with van der Waals surface area (Å²) < 4.78 is 0. The van der Waals surface area contributed by atoms with Crippen molar-refractivity contribution in [2.24, 2.45) is 0 Å². The Morgan fingerprint density at radius 2 is 0.667 bits per heavy atom. The van der Waals surface area contributed by atoms with Gasteiger partial charge >= 0.3 is 0 Å². The molecule has 2 heterocycles. The molecule has 0 aliphatic heterocycles. The van der Waals surface area contributed by atoms with Crippen LogP contribution in [0.5, 0.6) is 0 Å². The predicted molar refractivity (Wildman–Crippen MR) is 101 cm³/mol. The molecule has 0 N–H and O–H groups in total. The molecule has 106 valence electrons. The number of hydrogen-bond acceptors (Lipinski definition) is 0. The summed E-state index contributed by atoms with van der Waals surface area (Å²) in [7, 11) is 0. The molecule has 0 fully saturated rings. The van der Waals surface area contributed by atoms with Gasteiger partial charge in [0, 0.05) is 5.66 Å². The maximum Gasteiger partial charge on any atom is 0.000434 e. The van der Waals surface area contributed by atoms with Crippen LogP contribution in [0.3, 0.4) is 0 Å². The first-order chi connectivity index (χ1) is 8.29. The summed E-state index contributed by atoms with van der Waals surface area (Å²) in [4.78, 5) is 0. The molecule has 4 unspecified atom stereocenters. The Balaban J connectivity index is 2.72. The molecule has 0 aromatic carbocycles. The SMILES string of the molecule is CC(C)p1p(C(C)C)p2p(C(C)C)p2p1C(C)C. The lowest BCUT2D eigenvalue weighted by atomic mass is 10.6. The Labute approximate surface area is 118 Å². The molecule has 0 radical (unpaired) electrons. The van der Waals surface area contributed by atoms with E-state index in [1.165, 1.54) is 0 Å². The van der Waals surface area contributed by atoms with Crippen LogP contribution < -0.4 is 0 Å². The zero-order chi connectivity index (χ0) is 13.8. The largest absolute Gasteiger partial charge is 0.0718 e. The van der Waals surface area contributed by atoms with E-state index in [2.05, 4.69) is 55.4 Å². The van der Waals surface area contributed by atoms with Crippen molar-refractivity contribution < 1.29 is 0 Å². The highest BCUT2D eigenvalue weighted by Gasteiger charge is 2.32. The Bertz CT molecular complexity index is 493. The van der Waals surface area contributed by atoms with Crippen molar-refractivity contribution in [3.8, 4) is 0 Å². The predicted octanol–water partition coefficient (Wildman–Crippen LogP) is 10.2. The Morgan fingerprint density at radius 3 is 0.889 bits per heavy atom. The number of hydrogen-bond donors (Lipinski definition) is 0. The van der Waals surface area contributed by atoms with Gasteiger partial charge in [-0.2, -0.15) is 0 Å². The topological polar surface area (TPSA) is 0 Å². The van der Waals surface area contributed by atoms with E-state index in [4.69, 9.17) is 0 Å². The highest BCUT2D eigenvalue weighted by atomic mass is 33.0. The molecule has 6 heteroatoms. The van der Waals surface area contributed by atoms with Crippen molar-refractivity contribution >= 4 is 40.3 Å². The van der Waals surface area contributed by atoms with Crippen LogP contribution in [0.15, 0.2) is 0 Å². The van der Waals surface area contributed by atoms with Crippen LogP contribution in [-0.2, 0) is 0 Å². The maximum atomic E-state index is 2.56. The highest BCUT2D eigenvalue weighted by Crippen LogP contribution is 3.08. The third-order valence-corrected chi connectivity index (χ3v) is 72.6. The molecule has 2 aromatic heterocycles. The van der Waals surface area contributed by atoms with E-state index in [-0.39, 0.29) is 0 Å². The van der Waals surface area contributed by atoms with E-state index in [0.29, 0.717) is 40.3 Å². The molecule has 0 spiro atoms. The van der Waals surface area contributed by atoms with Crippen molar-refractivity contribution in [3.63, 3.8) is 0 Å². The molecule has 0 saturated carbocycles. The van der Waals surface area contributed by atoms with Crippen molar-refractivity contribution in [1.29, 1.82) is 0 Å². The lowest BCUT2D eigenvalue weighted by Gasteiger charge is -2.19. The minimum atomic E-state index is 0.453. The van der Waals surface area contributed by atoms with Crippen LogP contribution in [-0.4, -0.2) is 0 Å². The molecule has 18 heavy (non-hydrogen) atoms. The van der Waals surface area contributed by atoms with Crippen LogP contribution in [0.1, 0.15) is 78.0 Å². The Kier molecular flexibility index (Phi) is 5.29. The second kappa shape index (κ2) is 5.89. The second-order valence-corrected chi connectivity index (χ2v) is 41.0. The summed E-state index contributed by atoms with van der Waals surface area (Å²) >= 11 is 0. The molecule has 0 amide bonds. The zero-order valence-electron chi connectivity index (χ0n) is 13.0. The lowest BCUT2D eigenvalue weighted by molar-refractivity contribution is 1.02. The summed E-state index contributed by atoms with van der Waals surface area (Å²) in [5.74, 6) is 0. The molecule has 2 rings (SSSR count). The van der Waals surface area contributed by atoms with Crippen LogP contribution in [0, 0.1) is 0 Å². The van der Waals surface area contributed by atoms with Crippen molar-refractivity contribution in [1.82, 2.24) is 0 Å². The van der Waals surface area contributed by atoms with Gasteiger partial charge in [-0.1, -0.05) is 82.9 Å². The van der Waals surface area contributed by atoms with Gasteiger partial charge in [0.15, 0.2) is 0 Å². The van der Waals surface area contributed by atoms with Crippen LogP contribution in [0.2, 0.25) is 0 Å². The van der Waals surface area contributed by atoms with Crippen LogP contribution in [0.4, 0.5) is 0 Å². The number of rotatable bonds is 4. The number of fused-ring (bicyclic) bond motifs is 1. The average Bonchev–Trinajstić information content (AvgIpc) is 2.81. The molecule has 4 atom stereocenters. The first-order valence-electron chi connectivity index (χ1n) is 7.05.